The van der Waals surface area contributed by atoms with Crippen LogP contribution in [0.15, 0.2) is 65.8 Å². The number of nitrogens with one attached hydrogen (secondary N) is 1. The van der Waals surface area contributed by atoms with E-state index in [0.29, 0.717) is 4.90 Å². The molecule has 0 bridgehead atoms. The summed E-state index contributed by atoms with van der Waals surface area (Å²) in [5, 5.41) is 13.5. The number of benzene rings is 2. The van der Waals surface area contributed by atoms with Gasteiger partial charge in [-0.1, -0.05) is 35.9 Å². The molecule has 2 atom stereocenters. The maximum absolute atomic E-state index is 12.7. The number of aryl methyl sites for hydroxylation is 2. The summed E-state index contributed by atoms with van der Waals surface area (Å²) < 4.78 is 17.3. The Hall–Kier alpha value is -2.61. The average molecular weight is 383 g/mol. The molecule has 1 aromatic heterocycles. The van der Waals surface area contributed by atoms with E-state index in [1.54, 1.807) is 23.0 Å². The summed E-state index contributed by atoms with van der Waals surface area (Å²) in [6.07, 6.45) is 3.47. The van der Waals surface area contributed by atoms with Gasteiger partial charge in [0.15, 0.2) is 4.90 Å². The third-order valence-electron chi connectivity index (χ3n) is 4.19. The second-order valence-electron chi connectivity index (χ2n) is 6.38. The van der Waals surface area contributed by atoms with E-state index in [9.17, 15) is 14.5 Å². The Balaban J connectivity index is 1.86. The van der Waals surface area contributed by atoms with Crippen LogP contribution in [0, 0.1) is 6.92 Å². The van der Waals surface area contributed by atoms with Crippen LogP contribution >= 0.6 is 0 Å². The van der Waals surface area contributed by atoms with Crippen LogP contribution in [-0.4, -0.2) is 25.4 Å². The van der Waals surface area contributed by atoms with Crippen molar-refractivity contribution in [3.05, 3.63) is 72.1 Å². The van der Waals surface area contributed by atoms with Crippen molar-refractivity contribution in [3.63, 3.8) is 0 Å². The molecule has 0 fully saturated rings. The molecule has 0 aliphatic heterocycles. The minimum absolute atomic E-state index is 0.173. The molecule has 3 rings (SSSR count). The first kappa shape index (κ1) is 19.2. The van der Waals surface area contributed by atoms with Crippen molar-refractivity contribution in [1.29, 1.82) is 0 Å². The van der Waals surface area contributed by atoms with Crippen LogP contribution in [0.25, 0.3) is 11.1 Å². The fourth-order valence-corrected chi connectivity index (χ4v) is 3.76. The van der Waals surface area contributed by atoms with E-state index in [2.05, 4.69) is 9.82 Å². The second kappa shape index (κ2) is 8.39. The SMILES string of the molecule is Cc1ccc([S@@+]([O-])NC(CC(=O)O)c2cccc(-c3cnn(C)c3)c2)cc1. The fraction of sp³-hybridized carbons (Fsp3) is 0.200. The Morgan fingerprint density at radius 1 is 1.26 bits per heavy atom. The highest BCUT2D eigenvalue weighted by molar-refractivity contribution is 7.89. The van der Waals surface area contributed by atoms with Gasteiger partial charge in [0.1, 0.15) is 0 Å². The van der Waals surface area contributed by atoms with Crippen molar-refractivity contribution in [3.8, 4) is 11.1 Å². The van der Waals surface area contributed by atoms with E-state index in [0.717, 1.165) is 22.3 Å². The van der Waals surface area contributed by atoms with Crippen molar-refractivity contribution < 1.29 is 14.5 Å². The molecule has 140 valence electrons. The lowest BCUT2D eigenvalue weighted by atomic mass is 10.00. The van der Waals surface area contributed by atoms with E-state index >= 15 is 0 Å². The van der Waals surface area contributed by atoms with Crippen LogP contribution in [0.1, 0.15) is 23.6 Å². The highest BCUT2D eigenvalue weighted by Gasteiger charge is 2.23. The first-order chi connectivity index (χ1) is 12.9. The van der Waals surface area contributed by atoms with Gasteiger partial charge in [0, 0.05) is 18.8 Å². The smallest absolute Gasteiger partial charge is 0.305 e. The highest BCUT2D eigenvalue weighted by Crippen LogP contribution is 2.26. The van der Waals surface area contributed by atoms with Crippen molar-refractivity contribution in [1.82, 2.24) is 14.5 Å². The lowest BCUT2D eigenvalue weighted by Gasteiger charge is -2.19. The lowest BCUT2D eigenvalue weighted by molar-refractivity contribution is -0.137. The largest absolute Gasteiger partial charge is 0.593 e. The van der Waals surface area contributed by atoms with E-state index < -0.39 is 23.4 Å². The van der Waals surface area contributed by atoms with Gasteiger partial charge in [-0.05, 0) is 36.2 Å². The number of hydrogen-bond acceptors (Lipinski definition) is 4. The molecule has 3 aromatic rings. The number of rotatable bonds is 7. The molecule has 2 N–H and O–H groups in total. The van der Waals surface area contributed by atoms with Gasteiger partial charge in [-0.15, -0.1) is 4.72 Å². The Morgan fingerprint density at radius 3 is 2.63 bits per heavy atom. The summed E-state index contributed by atoms with van der Waals surface area (Å²) in [5.41, 5.74) is 3.70. The summed E-state index contributed by atoms with van der Waals surface area (Å²) in [7, 11) is 1.84. The normalized spacial score (nSPS) is 13.3. The van der Waals surface area contributed by atoms with Crippen LogP contribution in [-0.2, 0) is 23.2 Å². The predicted octanol–water partition coefficient (Wildman–Crippen LogP) is 3.22. The Morgan fingerprint density at radius 2 is 2.00 bits per heavy atom. The van der Waals surface area contributed by atoms with Gasteiger partial charge < -0.3 is 9.66 Å². The molecular formula is C20H21N3O3S. The zero-order valence-electron chi connectivity index (χ0n) is 15.1. The number of nitrogens with zero attached hydrogens (tertiary/aromatic N) is 2. The van der Waals surface area contributed by atoms with Crippen LogP contribution in [0.4, 0.5) is 0 Å². The monoisotopic (exact) mass is 383 g/mol. The van der Waals surface area contributed by atoms with Gasteiger partial charge in [0.05, 0.1) is 30.0 Å². The summed E-state index contributed by atoms with van der Waals surface area (Å²) in [4.78, 5) is 12.0. The van der Waals surface area contributed by atoms with Crippen LogP contribution in [0.2, 0.25) is 0 Å². The van der Waals surface area contributed by atoms with Gasteiger partial charge in [-0.2, -0.15) is 5.10 Å². The minimum Gasteiger partial charge on any atom is -0.593 e. The maximum Gasteiger partial charge on any atom is 0.305 e. The number of aromatic nitrogens is 2. The van der Waals surface area contributed by atoms with Crippen molar-refractivity contribution in [2.75, 3.05) is 0 Å². The maximum atomic E-state index is 12.7. The molecule has 0 amide bonds. The predicted molar refractivity (Wildman–Crippen MR) is 104 cm³/mol. The second-order valence-corrected chi connectivity index (χ2v) is 7.62. The van der Waals surface area contributed by atoms with Gasteiger partial charge >= 0.3 is 5.97 Å². The molecule has 0 radical (unpaired) electrons. The quantitative estimate of drug-likeness (QED) is 0.612. The Kier molecular flexibility index (Phi) is 5.95. The molecule has 1 heterocycles. The molecular weight excluding hydrogens is 362 g/mol. The molecule has 0 aliphatic carbocycles. The minimum atomic E-state index is -1.52. The van der Waals surface area contributed by atoms with Gasteiger partial charge in [-0.25, -0.2) is 0 Å². The molecule has 27 heavy (non-hydrogen) atoms. The molecule has 7 heteroatoms. The van der Waals surface area contributed by atoms with Gasteiger partial charge in [0.25, 0.3) is 0 Å². The molecule has 0 aliphatic rings. The summed E-state index contributed by atoms with van der Waals surface area (Å²) in [6, 6.07) is 14.3. The molecule has 0 saturated heterocycles. The van der Waals surface area contributed by atoms with Crippen LogP contribution < -0.4 is 4.72 Å². The fourth-order valence-electron chi connectivity index (χ4n) is 2.77. The third-order valence-corrected chi connectivity index (χ3v) is 5.39. The lowest BCUT2D eigenvalue weighted by Crippen LogP contribution is -2.30. The number of carboxylic acids is 1. The molecule has 6 nitrogen and oxygen atoms in total. The van der Waals surface area contributed by atoms with Crippen LogP contribution in [0.3, 0.4) is 0 Å². The first-order valence-electron chi connectivity index (χ1n) is 8.48. The number of hydrogen-bond donors (Lipinski definition) is 2. The Bertz CT molecular complexity index is 924. The summed E-state index contributed by atoms with van der Waals surface area (Å²) in [6.45, 7) is 1.96. The number of aliphatic carboxylic acids is 1. The number of carbonyl (C=O) groups is 1. The summed E-state index contributed by atoms with van der Waals surface area (Å²) in [5.74, 6) is -0.958. The molecule has 2 aromatic carbocycles. The van der Waals surface area contributed by atoms with Crippen LogP contribution in [0.5, 0.6) is 0 Å². The average Bonchev–Trinajstić information content (AvgIpc) is 3.08. The Labute approximate surface area is 161 Å². The van der Waals surface area contributed by atoms with Crippen molar-refractivity contribution >= 4 is 17.3 Å². The zero-order valence-corrected chi connectivity index (χ0v) is 15.9. The number of carboxylic acid groups (broad SMARTS) is 1. The van der Waals surface area contributed by atoms with E-state index in [4.69, 9.17) is 0 Å². The highest BCUT2D eigenvalue weighted by atomic mass is 32.2. The van der Waals surface area contributed by atoms with Crippen molar-refractivity contribution in [2.45, 2.75) is 24.3 Å². The summed E-state index contributed by atoms with van der Waals surface area (Å²) >= 11 is -1.52. The topological polar surface area (TPSA) is 90.2 Å². The van der Waals surface area contributed by atoms with Gasteiger partial charge in [0.2, 0.25) is 0 Å². The van der Waals surface area contributed by atoms with Crippen molar-refractivity contribution in [2.24, 2.45) is 7.05 Å². The molecule has 0 spiro atoms. The molecule has 0 saturated carbocycles. The van der Waals surface area contributed by atoms with Gasteiger partial charge in [-0.3, -0.25) is 9.48 Å². The van der Waals surface area contributed by atoms with E-state index in [-0.39, 0.29) is 6.42 Å². The first-order valence-corrected chi connectivity index (χ1v) is 9.63. The molecule has 1 unspecified atom stereocenters. The third kappa shape index (κ3) is 4.97. The van der Waals surface area contributed by atoms with E-state index in [1.165, 1.54) is 0 Å². The standard InChI is InChI=1S/C20H21N3O3S/c1-14-6-8-18(9-7-14)27(26)22-19(11-20(24)25)16-5-3-4-15(10-16)17-12-21-23(2)13-17/h3-10,12-13,19,22H,11H2,1-2H3,(H,24,25)/t19?,27-/m1/s1. The zero-order chi connectivity index (χ0) is 19.4. The van der Waals surface area contributed by atoms with E-state index in [1.807, 2.05) is 56.6 Å².